The van der Waals surface area contributed by atoms with Gasteiger partial charge in [0, 0.05) is 13.2 Å². The Bertz CT molecular complexity index is 629. The van der Waals surface area contributed by atoms with E-state index in [0.717, 1.165) is 11.1 Å². The van der Waals surface area contributed by atoms with Crippen LogP contribution in [0.5, 0.6) is 0 Å². The van der Waals surface area contributed by atoms with E-state index in [4.69, 9.17) is 11.6 Å². The van der Waals surface area contributed by atoms with Gasteiger partial charge in [-0.15, -0.1) is 0 Å². The lowest BCUT2D eigenvalue weighted by atomic mass is 10.3. The van der Waals surface area contributed by atoms with Crippen molar-refractivity contribution in [1.29, 1.82) is 0 Å². The first kappa shape index (κ1) is 13.9. The van der Waals surface area contributed by atoms with Crippen LogP contribution in [0, 0.1) is 0 Å². The number of likely N-dealkylation sites (N-methyl/N-ethyl adjacent to an activating group) is 1. The SMILES string of the molecule is CN1C(=O)CC(NS(=O)(=O)c2ccc(Cl)nc2)C1=O. The number of imide groups is 1. The molecule has 2 amide bonds. The fourth-order valence-corrected chi connectivity index (χ4v) is 2.87. The molecule has 102 valence electrons. The standard InChI is InChI=1S/C10H10ClN3O4S/c1-14-9(15)4-7(10(14)16)13-19(17,18)6-2-3-8(11)12-5-6/h2-3,5,7,13H,4H2,1H3. The number of aromatic nitrogens is 1. The van der Waals surface area contributed by atoms with Gasteiger partial charge in [-0.05, 0) is 12.1 Å². The van der Waals surface area contributed by atoms with Crippen LogP contribution in [-0.2, 0) is 19.6 Å². The minimum Gasteiger partial charge on any atom is -0.284 e. The fourth-order valence-electron chi connectivity index (χ4n) is 1.62. The summed E-state index contributed by atoms with van der Waals surface area (Å²) in [7, 11) is -2.60. The summed E-state index contributed by atoms with van der Waals surface area (Å²) < 4.78 is 26.1. The van der Waals surface area contributed by atoms with Crippen LogP contribution < -0.4 is 4.72 Å². The second kappa shape index (κ2) is 4.87. The van der Waals surface area contributed by atoms with Gasteiger partial charge in [-0.1, -0.05) is 11.6 Å². The first-order chi connectivity index (χ1) is 8.81. The highest BCUT2D eigenvalue weighted by molar-refractivity contribution is 7.89. The van der Waals surface area contributed by atoms with Crippen LogP contribution in [-0.4, -0.2) is 43.2 Å². The Balaban J connectivity index is 2.21. The third-order valence-electron chi connectivity index (χ3n) is 2.69. The van der Waals surface area contributed by atoms with Gasteiger partial charge in [0.25, 0.3) is 0 Å². The van der Waals surface area contributed by atoms with E-state index in [1.807, 2.05) is 0 Å². The summed E-state index contributed by atoms with van der Waals surface area (Å²) in [5.74, 6) is -0.998. The normalized spacial score (nSPS) is 20.1. The highest BCUT2D eigenvalue weighted by Crippen LogP contribution is 2.15. The molecule has 9 heteroatoms. The van der Waals surface area contributed by atoms with Crippen molar-refractivity contribution in [3.05, 3.63) is 23.5 Å². The Kier molecular flexibility index (Phi) is 3.57. The molecule has 1 fully saturated rings. The molecule has 2 rings (SSSR count). The van der Waals surface area contributed by atoms with Crippen LogP contribution in [0.3, 0.4) is 0 Å². The third kappa shape index (κ3) is 2.75. The number of carbonyl (C=O) groups is 2. The maximum atomic E-state index is 12.0. The molecule has 1 unspecified atom stereocenters. The van der Waals surface area contributed by atoms with Crippen molar-refractivity contribution >= 4 is 33.4 Å². The lowest BCUT2D eigenvalue weighted by molar-refractivity contribution is -0.137. The van der Waals surface area contributed by atoms with E-state index in [0.29, 0.717) is 0 Å². The molecule has 1 aromatic heterocycles. The molecule has 1 aliphatic heterocycles. The van der Waals surface area contributed by atoms with Gasteiger partial charge < -0.3 is 0 Å². The average molecular weight is 304 g/mol. The van der Waals surface area contributed by atoms with Crippen molar-refractivity contribution in [2.75, 3.05) is 7.05 Å². The molecular weight excluding hydrogens is 294 g/mol. The van der Waals surface area contributed by atoms with Crippen molar-refractivity contribution in [3.63, 3.8) is 0 Å². The Hall–Kier alpha value is -1.51. The van der Waals surface area contributed by atoms with Gasteiger partial charge in [0.2, 0.25) is 21.8 Å². The summed E-state index contributed by atoms with van der Waals surface area (Å²) in [5, 5.41) is 0.158. The van der Waals surface area contributed by atoms with E-state index in [1.54, 1.807) is 0 Å². The maximum absolute atomic E-state index is 12.0. The molecule has 0 spiro atoms. The Morgan fingerprint density at radius 2 is 2.11 bits per heavy atom. The van der Waals surface area contributed by atoms with E-state index in [-0.39, 0.29) is 16.5 Å². The summed E-state index contributed by atoms with van der Waals surface area (Å²) in [5.41, 5.74) is 0. The molecule has 1 N–H and O–H groups in total. The number of pyridine rings is 1. The number of nitrogens with zero attached hydrogens (tertiary/aromatic N) is 2. The zero-order valence-electron chi connectivity index (χ0n) is 9.83. The van der Waals surface area contributed by atoms with Gasteiger partial charge in [-0.25, -0.2) is 13.4 Å². The molecule has 0 bridgehead atoms. The van der Waals surface area contributed by atoms with Crippen LogP contribution >= 0.6 is 11.6 Å². The minimum absolute atomic E-state index is 0.119. The predicted octanol–water partition coefficient (Wildman–Crippen LogP) is -0.229. The average Bonchev–Trinajstić information content (AvgIpc) is 2.57. The molecule has 1 aliphatic rings. The monoisotopic (exact) mass is 303 g/mol. The number of likely N-dealkylation sites (tertiary alicyclic amines) is 1. The highest BCUT2D eigenvalue weighted by Gasteiger charge is 2.38. The number of rotatable bonds is 3. The maximum Gasteiger partial charge on any atom is 0.247 e. The van der Waals surface area contributed by atoms with Crippen molar-refractivity contribution in [3.8, 4) is 0 Å². The number of halogens is 1. The third-order valence-corrected chi connectivity index (χ3v) is 4.37. The molecule has 0 saturated carbocycles. The molecule has 2 heterocycles. The summed E-state index contributed by atoms with van der Waals surface area (Å²) in [6.07, 6.45) is 0.894. The van der Waals surface area contributed by atoms with E-state index < -0.39 is 27.9 Å². The largest absolute Gasteiger partial charge is 0.284 e. The molecule has 19 heavy (non-hydrogen) atoms. The Labute approximate surface area is 114 Å². The molecule has 1 saturated heterocycles. The zero-order chi connectivity index (χ0) is 14.2. The number of sulfonamides is 1. The number of hydrogen-bond acceptors (Lipinski definition) is 5. The van der Waals surface area contributed by atoms with Gasteiger partial charge in [-0.3, -0.25) is 14.5 Å². The zero-order valence-corrected chi connectivity index (χ0v) is 11.4. The Morgan fingerprint density at radius 3 is 2.58 bits per heavy atom. The molecule has 1 aromatic rings. The molecule has 0 aliphatic carbocycles. The fraction of sp³-hybridized carbons (Fsp3) is 0.300. The lowest BCUT2D eigenvalue weighted by Gasteiger charge is -2.11. The first-order valence-electron chi connectivity index (χ1n) is 5.25. The van der Waals surface area contributed by atoms with Crippen molar-refractivity contribution in [1.82, 2.24) is 14.6 Å². The van der Waals surface area contributed by atoms with Gasteiger partial charge in [0.15, 0.2) is 0 Å². The molecule has 0 aromatic carbocycles. The molecule has 0 radical (unpaired) electrons. The summed E-state index contributed by atoms with van der Waals surface area (Å²) >= 11 is 5.56. The minimum atomic E-state index is -3.91. The van der Waals surface area contributed by atoms with Crippen LogP contribution in [0.2, 0.25) is 5.15 Å². The van der Waals surface area contributed by atoms with E-state index in [2.05, 4.69) is 9.71 Å². The van der Waals surface area contributed by atoms with E-state index in [1.165, 1.54) is 19.2 Å². The smallest absolute Gasteiger partial charge is 0.247 e. The summed E-state index contributed by atoms with van der Waals surface area (Å²) in [6, 6.07) is 1.52. The van der Waals surface area contributed by atoms with Crippen molar-refractivity contribution < 1.29 is 18.0 Å². The summed E-state index contributed by atoms with van der Waals surface area (Å²) in [6.45, 7) is 0. The van der Waals surface area contributed by atoms with Gasteiger partial charge in [0.05, 0.1) is 6.42 Å². The second-order valence-electron chi connectivity index (χ2n) is 3.99. The molecular formula is C10H10ClN3O4S. The number of nitrogens with one attached hydrogen (secondary N) is 1. The molecule has 1 atom stereocenters. The predicted molar refractivity (Wildman–Crippen MR) is 65.8 cm³/mol. The van der Waals surface area contributed by atoms with Crippen LogP contribution in [0.15, 0.2) is 23.2 Å². The highest BCUT2D eigenvalue weighted by atomic mass is 35.5. The summed E-state index contributed by atoms with van der Waals surface area (Å²) in [4.78, 5) is 27.4. The van der Waals surface area contributed by atoms with Gasteiger partial charge >= 0.3 is 0 Å². The first-order valence-corrected chi connectivity index (χ1v) is 7.11. The molecule has 7 nitrogen and oxygen atoms in total. The van der Waals surface area contributed by atoms with Crippen molar-refractivity contribution in [2.24, 2.45) is 0 Å². The quantitative estimate of drug-likeness (QED) is 0.614. The van der Waals surface area contributed by atoms with Gasteiger partial charge in [0.1, 0.15) is 16.1 Å². The van der Waals surface area contributed by atoms with Gasteiger partial charge in [-0.2, -0.15) is 4.72 Å². The second-order valence-corrected chi connectivity index (χ2v) is 6.09. The van der Waals surface area contributed by atoms with Crippen LogP contribution in [0.1, 0.15) is 6.42 Å². The number of hydrogen-bond donors (Lipinski definition) is 1. The Morgan fingerprint density at radius 1 is 1.42 bits per heavy atom. The topological polar surface area (TPSA) is 96.4 Å². The lowest BCUT2D eigenvalue weighted by Crippen LogP contribution is -2.40. The number of amides is 2. The van der Waals surface area contributed by atoms with Crippen LogP contribution in [0.4, 0.5) is 0 Å². The number of carbonyl (C=O) groups excluding carboxylic acids is 2. The van der Waals surface area contributed by atoms with Crippen LogP contribution in [0.25, 0.3) is 0 Å². The van der Waals surface area contributed by atoms with E-state index >= 15 is 0 Å². The van der Waals surface area contributed by atoms with E-state index in [9.17, 15) is 18.0 Å². The van der Waals surface area contributed by atoms with Crippen molar-refractivity contribution in [2.45, 2.75) is 17.4 Å².